The van der Waals surface area contributed by atoms with Gasteiger partial charge in [0.2, 0.25) is 0 Å². The van der Waals surface area contributed by atoms with Crippen LogP contribution in [-0.4, -0.2) is 25.2 Å². The first kappa shape index (κ1) is 6.61. The molecule has 1 heterocycles. The van der Waals surface area contributed by atoms with Gasteiger partial charge in [-0.15, -0.1) is 0 Å². The van der Waals surface area contributed by atoms with Crippen molar-refractivity contribution in [2.75, 3.05) is 6.54 Å². The van der Waals surface area contributed by atoms with Gasteiger partial charge in [0.05, 0.1) is 7.85 Å². The molecule has 2 radical (unpaired) electrons. The lowest BCUT2D eigenvalue weighted by molar-refractivity contribution is 0.381. The summed E-state index contributed by atoms with van der Waals surface area (Å²) in [5.74, 6) is 5.62. The van der Waals surface area contributed by atoms with E-state index in [0.29, 0.717) is 5.84 Å². The molecule has 4 heteroatoms. The van der Waals surface area contributed by atoms with Gasteiger partial charge < -0.3 is 0 Å². The number of hydrogen-bond donors (Lipinski definition) is 2. The van der Waals surface area contributed by atoms with Gasteiger partial charge in [-0.3, -0.25) is 10.4 Å². The summed E-state index contributed by atoms with van der Waals surface area (Å²) in [5.41, 5.74) is 0. The normalized spacial score (nSPS) is 28.8. The highest BCUT2D eigenvalue weighted by Crippen LogP contribution is 2.16. The molecule has 1 unspecified atom stereocenters. The maximum atomic E-state index is 7.28. The Morgan fingerprint density at radius 1 is 1.78 bits per heavy atom. The van der Waals surface area contributed by atoms with E-state index in [-0.39, 0.29) is 5.82 Å². The first-order valence-electron chi connectivity index (χ1n) is 3.08. The zero-order valence-electron chi connectivity index (χ0n) is 5.30. The van der Waals surface area contributed by atoms with Gasteiger partial charge in [-0.25, -0.2) is 5.84 Å². The maximum absolute atomic E-state index is 7.28. The van der Waals surface area contributed by atoms with Crippen molar-refractivity contribution in [3.63, 3.8) is 0 Å². The van der Waals surface area contributed by atoms with Crippen LogP contribution in [0.5, 0.6) is 0 Å². The fourth-order valence-corrected chi connectivity index (χ4v) is 0.952. The molecule has 0 aromatic rings. The minimum atomic E-state index is -0.135. The second-order valence-electron chi connectivity index (χ2n) is 2.33. The lowest BCUT2D eigenvalue weighted by Gasteiger charge is -2.29. The van der Waals surface area contributed by atoms with E-state index in [0.717, 1.165) is 19.4 Å². The molecule has 0 spiro atoms. The van der Waals surface area contributed by atoms with Crippen molar-refractivity contribution in [3.05, 3.63) is 0 Å². The summed E-state index contributed by atoms with van der Waals surface area (Å²) in [5, 5.41) is 8.69. The van der Waals surface area contributed by atoms with E-state index in [1.165, 1.54) is 5.01 Å². The van der Waals surface area contributed by atoms with Gasteiger partial charge in [0.1, 0.15) is 5.84 Å². The summed E-state index contributed by atoms with van der Waals surface area (Å²) < 4.78 is 0. The first-order valence-corrected chi connectivity index (χ1v) is 3.08. The molecule has 9 heavy (non-hydrogen) atoms. The summed E-state index contributed by atoms with van der Waals surface area (Å²) in [7, 11) is 5.52. The van der Waals surface area contributed by atoms with E-state index in [1.807, 2.05) is 0 Å². The highest BCUT2D eigenvalue weighted by Gasteiger charge is 2.17. The fraction of sp³-hybridized carbons (Fsp3) is 0.800. The van der Waals surface area contributed by atoms with E-state index in [1.54, 1.807) is 0 Å². The molecule has 1 fully saturated rings. The third kappa shape index (κ3) is 1.24. The molecule has 0 amide bonds. The third-order valence-electron chi connectivity index (χ3n) is 1.57. The van der Waals surface area contributed by atoms with Crippen molar-refractivity contribution in [1.82, 2.24) is 5.01 Å². The summed E-state index contributed by atoms with van der Waals surface area (Å²) in [6.07, 6.45) is 1.90. The SMILES string of the molecule is [B]C1CCCN(N)C1=N. The van der Waals surface area contributed by atoms with Crippen LogP contribution in [0.2, 0.25) is 5.82 Å². The molecule has 48 valence electrons. The fourth-order valence-electron chi connectivity index (χ4n) is 0.952. The molecule has 0 bridgehead atoms. The summed E-state index contributed by atoms with van der Waals surface area (Å²) in [6.45, 7) is 0.770. The van der Waals surface area contributed by atoms with Crippen molar-refractivity contribution in [2.45, 2.75) is 18.7 Å². The summed E-state index contributed by atoms with van der Waals surface area (Å²) in [6, 6.07) is 0. The molecule has 0 aliphatic carbocycles. The van der Waals surface area contributed by atoms with Gasteiger partial charge in [-0.1, -0.05) is 0 Å². The quantitative estimate of drug-likeness (QED) is 0.348. The molecule has 1 aliphatic heterocycles. The smallest absolute Gasteiger partial charge is 0.104 e. The Morgan fingerprint density at radius 2 is 2.44 bits per heavy atom. The highest BCUT2D eigenvalue weighted by molar-refractivity contribution is 6.24. The zero-order chi connectivity index (χ0) is 6.85. The second kappa shape index (κ2) is 2.39. The molecule has 1 aliphatic rings. The van der Waals surface area contributed by atoms with Crippen LogP contribution in [0.25, 0.3) is 0 Å². The zero-order valence-corrected chi connectivity index (χ0v) is 5.30. The third-order valence-corrected chi connectivity index (χ3v) is 1.57. The molecule has 3 nitrogen and oxygen atoms in total. The van der Waals surface area contributed by atoms with Gasteiger partial charge in [0.15, 0.2) is 0 Å². The topological polar surface area (TPSA) is 53.1 Å². The molecule has 1 atom stereocenters. The van der Waals surface area contributed by atoms with E-state index in [2.05, 4.69) is 0 Å². The lowest BCUT2D eigenvalue weighted by Crippen LogP contribution is -2.43. The number of nitrogens with zero attached hydrogens (tertiary/aromatic N) is 1. The highest BCUT2D eigenvalue weighted by atomic mass is 15.4. The molecular formula is C5H10BN3. The molecular weight excluding hydrogens is 113 g/mol. The number of amidine groups is 1. The average Bonchev–Trinajstić information content (AvgIpc) is 1.83. The van der Waals surface area contributed by atoms with Gasteiger partial charge in [-0.2, -0.15) is 0 Å². The minimum absolute atomic E-state index is 0.135. The van der Waals surface area contributed by atoms with E-state index in [9.17, 15) is 0 Å². The Kier molecular flexibility index (Phi) is 1.76. The monoisotopic (exact) mass is 123 g/mol. The van der Waals surface area contributed by atoms with Gasteiger partial charge in [0.25, 0.3) is 0 Å². The average molecular weight is 123 g/mol. The number of hydrazine groups is 1. The maximum Gasteiger partial charge on any atom is 0.104 e. The number of nitrogens with two attached hydrogens (primary N) is 1. The molecule has 0 saturated carbocycles. The van der Waals surface area contributed by atoms with Crippen LogP contribution in [0.1, 0.15) is 12.8 Å². The van der Waals surface area contributed by atoms with Crippen LogP contribution in [0.3, 0.4) is 0 Å². The molecule has 3 N–H and O–H groups in total. The number of piperidine rings is 1. The Labute approximate surface area is 56.1 Å². The Balaban J connectivity index is 2.52. The van der Waals surface area contributed by atoms with Gasteiger partial charge in [-0.05, 0) is 18.7 Å². The van der Waals surface area contributed by atoms with Gasteiger partial charge in [0, 0.05) is 6.54 Å². The minimum Gasteiger partial charge on any atom is -0.299 e. The molecule has 0 aromatic carbocycles. The van der Waals surface area contributed by atoms with Crippen molar-refractivity contribution < 1.29 is 0 Å². The second-order valence-corrected chi connectivity index (χ2v) is 2.33. The Hall–Kier alpha value is -0.505. The number of nitrogens with one attached hydrogen (secondary N) is 1. The lowest BCUT2D eigenvalue weighted by atomic mass is 9.80. The predicted molar refractivity (Wildman–Crippen MR) is 37.4 cm³/mol. The van der Waals surface area contributed by atoms with E-state index < -0.39 is 0 Å². The van der Waals surface area contributed by atoms with E-state index in [4.69, 9.17) is 19.1 Å². The molecule has 1 rings (SSSR count). The van der Waals surface area contributed by atoms with Crippen molar-refractivity contribution in [3.8, 4) is 0 Å². The van der Waals surface area contributed by atoms with Crippen molar-refractivity contribution >= 4 is 13.7 Å². The number of rotatable bonds is 0. The van der Waals surface area contributed by atoms with Crippen molar-refractivity contribution in [2.24, 2.45) is 5.84 Å². The van der Waals surface area contributed by atoms with Crippen LogP contribution in [0, 0.1) is 5.41 Å². The van der Waals surface area contributed by atoms with Crippen LogP contribution in [-0.2, 0) is 0 Å². The number of hydrogen-bond acceptors (Lipinski definition) is 2. The van der Waals surface area contributed by atoms with Crippen LogP contribution < -0.4 is 5.84 Å². The van der Waals surface area contributed by atoms with E-state index >= 15 is 0 Å². The molecule has 0 aromatic heterocycles. The Morgan fingerprint density at radius 3 is 2.89 bits per heavy atom. The van der Waals surface area contributed by atoms with Crippen LogP contribution in [0.4, 0.5) is 0 Å². The summed E-state index contributed by atoms with van der Waals surface area (Å²) >= 11 is 0. The summed E-state index contributed by atoms with van der Waals surface area (Å²) in [4.78, 5) is 0. The van der Waals surface area contributed by atoms with Gasteiger partial charge >= 0.3 is 0 Å². The first-order chi connectivity index (χ1) is 4.22. The standard InChI is InChI=1S/C5H10BN3/c6-4-2-1-3-9(8)5(4)7/h4,7H,1-3,8H2. The largest absolute Gasteiger partial charge is 0.299 e. The van der Waals surface area contributed by atoms with Crippen LogP contribution in [0.15, 0.2) is 0 Å². The predicted octanol–water partition coefficient (Wildman–Crippen LogP) is -0.110. The Bertz CT molecular complexity index is 113. The van der Waals surface area contributed by atoms with Crippen LogP contribution >= 0.6 is 0 Å². The van der Waals surface area contributed by atoms with Crippen molar-refractivity contribution in [1.29, 1.82) is 5.41 Å². The molecule has 1 saturated heterocycles.